The van der Waals surface area contributed by atoms with E-state index in [-0.39, 0.29) is 18.2 Å². The van der Waals surface area contributed by atoms with Crippen molar-refractivity contribution in [3.63, 3.8) is 0 Å². The fourth-order valence-electron chi connectivity index (χ4n) is 1.88. The van der Waals surface area contributed by atoms with E-state index in [1.165, 1.54) is 6.20 Å². The molecule has 3 nitrogen and oxygen atoms in total. The Balaban J connectivity index is 2.16. The van der Waals surface area contributed by atoms with Crippen molar-refractivity contribution in [2.75, 3.05) is 5.32 Å². The zero-order chi connectivity index (χ0) is 15.6. The van der Waals surface area contributed by atoms with Crippen molar-refractivity contribution in [2.24, 2.45) is 0 Å². The number of halogens is 4. The van der Waals surface area contributed by atoms with Crippen LogP contribution < -0.4 is 5.32 Å². The van der Waals surface area contributed by atoms with Crippen LogP contribution in [0.5, 0.6) is 0 Å². The number of alkyl halides is 3. The maximum absolute atomic E-state index is 13.0. The lowest BCUT2D eigenvalue weighted by Gasteiger charge is -2.13. The summed E-state index contributed by atoms with van der Waals surface area (Å²) in [5.41, 5.74) is -0.367. The van der Waals surface area contributed by atoms with Crippen LogP contribution in [0.15, 0.2) is 30.6 Å². The van der Waals surface area contributed by atoms with E-state index in [1.54, 1.807) is 10.9 Å². The first kappa shape index (κ1) is 15.3. The van der Waals surface area contributed by atoms with E-state index in [0.29, 0.717) is 11.8 Å². The topological polar surface area (TPSA) is 29.9 Å². The number of benzene rings is 1. The van der Waals surface area contributed by atoms with Crippen LogP contribution in [0.3, 0.4) is 0 Å². The maximum atomic E-state index is 13.0. The second-order valence-electron chi connectivity index (χ2n) is 4.96. The van der Waals surface area contributed by atoms with Gasteiger partial charge in [0.05, 0.1) is 17.4 Å². The van der Waals surface area contributed by atoms with Gasteiger partial charge >= 0.3 is 6.18 Å². The zero-order valence-corrected chi connectivity index (χ0v) is 11.6. The lowest BCUT2D eigenvalue weighted by Crippen LogP contribution is -2.12. The average molecular weight is 301 g/mol. The van der Waals surface area contributed by atoms with E-state index in [1.807, 2.05) is 13.8 Å². The second-order valence-corrected chi connectivity index (χ2v) is 4.96. The Kier molecular flexibility index (Phi) is 4.20. The lowest BCUT2D eigenvalue weighted by molar-refractivity contribution is -0.138. The van der Waals surface area contributed by atoms with Crippen LogP contribution in [0.25, 0.3) is 0 Å². The highest BCUT2D eigenvalue weighted by atomic mass is 19.4. The van der Waals surface area contributed by atoms with E-state index >= 15 is 0 Å². The molecule has 1 aromatic heterocycles. The van der Waals surface area contributed by atoms with Crippen LogP contribution in [0.1, 0.15) is 31.0 Å². The molecule has 0 aliphatic heterocycles. The molecular formula is C14H15F4N3. The standard InChI is InChI=1S/C14H15F4N3/c1-9(2)21-8-12(7-20-21)19-6-10-3-4-11(15)5-13(10)14(16,17)18/h3-5,7-9,19H,6H2,1-2H3. The molecule has 0 saturated heterocycles. The summed E-state index contributed by atoms with van der Waals surface area (Å²) in [4.78, 5) is 0. The molecular weight excluding hydrogens is 286 g/mol. The summed E-state index contributed by atoms with van der Waals surface area (Å²) in [6.45, 7) is 3.83. The Bertz CT molecular complexity index is 617. The van der Waals surface area contributed by atoms with Crippen LogP contribution in [0.2, 0.25) is 0 Å². The molecule has 1 aromatic carbocycles. The van der Waals surface area contributed by atoms with Gasteiger partial charge < -0.3 is 5.32 Å². The summed E-state index contributed by atoms with van der Waals surface area (Å²) < 4.78 is 53.3. The van der Waals surface area contributed by atoms with Crippen molar-refractivity contribution in [1.82, 2.24) is 9.78 Å². The summed E-state index contributed by atoms with van der Waals surface area (Å²) in [5.74, 6) is -0.904. The molecule has 2 rings (SSSR count). The van der Waals surface area contributed by atoms with Crippen LogP contribution in [-0.4, -0.2) is 9.78 Å². The van der Waals surface area contributed by atoms with Crippen LogP contribution >= 0.6 is 0 Å². The minimum atomic E-state index is -4.58. The van der Waals surface area contributed by atoms with Crippen molar-refractivity contribution in [3.8, 4) is 0 Å². The predicted octanol–water partition coefficient (Wildman–Crippen LogP) is 4.23. The Morgan fingerprint density at radius 2 is 2.00 bits per heavy atom. The van der Waals surface area contributed by atoms with Gasteiger partial charge in [0.1, 0.15) is 5.82 Å². The van der Waals surface area contributed by atoms with Crippen LogP contribution in [-0.2, 0) is 12.7 Å². The van der Waals surface area contributed by atoms with Gasteiger partial charge in [0.2, 0.25) is 0 Å². The van der Waals surface area contributed by atoms with Gasteiger partial charge in [0.25, 0.3) is 0 Å². The van der Waals surface area contributed by atoms with Gasteiger partial charge in [-0.2, -0.15) is 18.3 Å². The molecule has 0 atom stereocenters. The van der Waals surface area contributed by atoms with Gasteiger partial charge in [-0.25, -0.2) is 4.39 Å². The second kappa shape index (κ2) is 5.75. The molecule has 2 aromatic rings. The van der Waals surface area contributed by atoms with Gasteiger partial charge in [-0.1, -0.05) is 6.07 Å². The van der Waals surface area contributed by atoms with Gasteiger partial charge in [-0.3, -0.25) is 4.68 Å². The minimum absolute atomic E-state index is 0.0128. The minimum Gasteiger partial charge on any atom is -0.378 e. The van der Waals surface area contributed by atoms with Crippen molar-refractivity contribution in [1.29, 1.82) is 0 Å². The van der Waals surface area contributed by atoms with Crippen LogP contribution in [0.4, 0.5) is 23.2 Å². The predicted molar refractivity (Wildman–Crippen MR) is 71.3 cm³/mol. The lowest BCUT2D eigenvalue weighted by atomic mass is 10.1. The fourth-order valence-corrected chi connectivity index (χ4v) is 1.88. The van der Waals surface area contributed by atoms with Gasteiger partial charge in [0, 0.05) is 18.8 Å². The molecule has 0 radical (unpaired) electrons. The summed E-state index contributed by atoms with van der Waals surface area (Å²) in [7, 11) is 0. The van der Waals surface area contributed by atoms with E-state index < -0.39 is 17.6 Å². The molecule has 1 heterocycles. The van der Waals surface area contributed by atoms with E-state index in [2.05, 4.69) is 10.4 Å². The summed E-state index contributed by atoms with van der Waals surface area (Å²) >= 11 is 0. The Morgan fingerprint density at radius 3 is 2.57 bits per heavy atom. The number of nitrogens with one attached hydrogen (secondary N) is 1. The third-order valence-corrected chi connectivity index (χ3v) is 2.99. The van der Waals surface area contributed by atoms with E-state index in [0.717, 1.165) is 12.1 Å². The first-order chi connectivity index (χ1) is 9.77. The summed E-state index contributed by atoms with van der Waals surface area (Å²) in [6.07, 6.45) is -1.33. The number of rotatable bonds is 4. The molecule has 0 fully saturated rings. The van der Waals surface area contributed by atoms with Crippen molar-refractivity contribution in [3.05, 3.63) is 47.5 Å². The van der Waals surface area contributed by atoms with Gasteiger partial charge in [-0.05, 0) is 31.5 Å². The van der Waals surface area contributed by atoms with Gasteiger partial charge in [-0.15, -0.1) is 0 Å². The van der Waals surface area contributed by atoms with Crippen molar-refractivity contribution in [2.45, 2.75) is 32.6 Å². The zero-order valence-electron chi connectivity index (χ0n) is 11.6. The molecule has 0 amide bonds. The Labute approximate surface area is 119 Å². The first-order valence-electron chi connectivity index (χ1n) is 6.41. The number of anilines is 1. The third kappa shape index (κ3) is 3.74. The van der Waals surface area contributed by atoms with Crippen molar-refractivity contribution < 1.29 is 17.6 Å². The molecule has 0 aliphatic carbocycles. The first-order valence-corrected chi connectivity index (χ1v) is 6.41. The van der Waals surface area contributed by atoms with Crippen molar-refractivity contribution >= 4 is 5.69 Å². The quantitative estimate of drug-likeness (QED) is 0.856. The molecule has 7 heteroatoms. The van der Waals surface area contributed by atoms with E-state index in [9.17, 15) is 17.6 Å². The maximum Gasteiger partial charge on any atom is 0.416 e. The molecule has 114 valence electrons. The third-order valence-electron chi connectivity index (χ3n) is 2.99. The SMILES string of the molecule is CC(C)n1cc(NCc2ccc(F)cc2C(F)(F)F)cn1. The summed E-state index contributed by atoms with van der Waals surface area (Å²) in [5, 5.41) is 6.95. The Hall–Kier alpha value is -2.05. The number of aromatic nitrogens is 2. The largest absolute Gasteiger partial charge is 0.416 e. The van der Waals surface area contributed by atoms with E-state index in [4.69, 9.17) is 0 Å². The molecule has 0 spiro atoms. The molecule has 21 heavy (non-hydrogen) atoms. The highest BCUT2D eigenvalue weighted by molar-refractivity contribution is 5.41. The van der Waals surface area contributed by atoms with Gasteiger partial charge in [0.15, 0.2) is 0 Å². The average Bonchev–Trinajstić information content (AvgIpc) is 2.85. The molecule has 0 bridgehead atoms. The molecule has 0 unspecified atom stereocenters. The molecule has 0 aliphatic rings. The van der Waals surface area contributed by atoms with Crippen LogP contribution in [0, 0.1) is 5.82 Å². The number of hydrogen-bond acceptors (Lipinski definition) is 2. The fraction of sp³-hybridized carbons (Fsp3) is 0.357. The highest BCUT2D eigenvalue weighted by Gasteiger charge is 2.33. The highest BCUT2D eigenvalue weighted by Crippen LogP contribution is 2.32. The Morgan fingerprint density at radius 1 is 1.29 bits per heavy atom. The molecule has 1 N–H and O–H groups in total. The summed E-state index contributed by atoms with van der Waals surface area (Å²) in [6, 6.07) is 2.83. The smallest absolute Gasteiger partial charge is 0.378 e. The number of hydrogen-bond donors (Lipinski definition) is 1. The monoisotopic (exact) mass is 301 g/mol. The normalized spacial score (nSPS) is 12.0. The number of nitrogens with zero attached hydrogens (tertiary/aromatic N) is 2. The molecule has 0 saturated carbocycles.